The van der Waals surface area contributed by atoms with Gasteiger partial charge in [-0.15, -0.1) is 0 Å². The van der Waals surface area contributed by atoms with Crippen LogP contribution in [0.3, 0.4) is 0 Å². The number of hydrogen-bond donors (Lipinski definition) is 3. The largest absolute Gasteiger partial charge is 0.350 e. The molecule has 0 radical (unpaired) electrons. The minimum Gasteiger partial charge on any atom is -0.350 e. The molecule has 1 atom stereocenters. The third kappa shape index (κ3) is 3.25. The summed E-state index contributed by atoms with van der Waals surface area (Å²) in [6, 6.07) is 7.30. The topological polar surface area (TPSA) is 83.8 Å². The van der Waals surface area contributed by atoms with Crippen LogP contribution in [0.5, 0.6) is 0 Å². The fourth-order valence-corrected chi connectivity index (χ4v) is 2.42. The summed E-state index contributed by atoms with van der Waals surface area (Å²) in [4.78, 5) is 12.3. The van der Waals surface area contributed by atoms with Crippen molar-refractivity contribution in [1.82, 2.24) is 15.5 Å². The Hall–Kier alpha value is -1.85. The van der Waals surface area contributed by atoms with Crippen molar-refractivity contribution in [2.45, 2.75) is 18.9 Å². The number of halogens is 1. The third-order valence-electron chi connectivity index (χ3n) is 3.74. The Morgan fingerprint density at radius 2 is 2.14 bits per heavy atom. The van der Waals surface area contributed by atoms with Crippen LogP contribution in [0, 0.1) is 5.92 Å². The fourth-order valence-electron chi connectivity index (χ4n) is 2.29. The normalized spacial score (nSPS) is 15.7. The molecule has 3 rings (SSSR count). The molecular weight excluding hydrogens is 288 g/mol. The van der Waals surface area contributed by atoms with Gasteiger partial charge in [-0.3, -0.25) is 9.89 Å². The van der Waals surface area contributed by atoms with Crippen molar-refractivity contribution in [1.29, 1.82) is 0 Å². The lowest BCUT2D eigenvalue weighted by Crippen LogP contribution is -2.38. The van der Waals surface area contributed by atoms with Gasteiger partial charge in [0.25, 0.3) is 5.91 Å². The predicted molar refractivity (Wildman–Crippen MR) is 82.1 cm³/mol. The van der Waals surface area contributed by atoms with Crippen LogP contribution in [0.4, 0.5) is 0 Å². The summed E-state index contributed by atoms with van der Waals surface area (Å²) in [5.41, 5.74) is 8.06. The predicted octanol–water partition coefficient (Wildman–Crippen LogP) is 2.20. The van der Waals surface area contributed by atoms with Crippen molar-refractivity contribution >= 4 is 17.5 Å². The molecule has 1 amide bonds. The average molecular weight is 305 g/mol. The van der Waals surface area contributed by atoms with Crippen molar-refractivity contribution in [2.24, 2.45) is 11.7 Å². The van der Waals surface area contributed by atoms with Crippen molar-refractivity contribution in [3.05, 3.63) is 41.0 Å². The van der Waals surface area contributed by atoms with E-state index in [-0.39, 0.29) is 11.9 Å². The van der Waals surface area contributed by atoms with Gasteiger partial charge in [0.15, 0.2) is 0 Å². The van der Waals surface area contributed by atoms with Gasteiger partial charge in [-0.25, -0.2) is 0 Å². The van der Waals surface area contributed by atoms with Gasteiger partial charge >= 0.3 is 0 Å². The van der Waals surface area contributed by atoms with Crippen LogP contribution < -0.4 is 11.1 Å². The van der Waals surface area contributed by atoms with Crippen LogP contribution in [0.15, 0.2) is 30.5 Å². The number of rotatable bonds is 5. The van der Waals surface area contributed by atoms with Crippen LogP contribution in [-0.2, 0) is 0 Å². The average Bonchev–Trinajstić information content (AvgIpc) is 3.23. The Bertz CT molecular complexity index is 633. The van der Waals surface area contributed by atoms with E-state index >= 15 is 0 Å². The number of amides is 1. The van der Waals surface area contributed by atoms with Crippen LogP contribution in [0.1, 0.15) is 23.2 Å². The lowest BCUT2D eigenvalue weighted by molar-refractivity contribution is 0.0951. The summed E-state index contributed by atoms with van der Waals surface area (Å²) in [5.74, 6) is 0.398. The first-order valence-corrected chi connectivity index (χ1v) is 7.36. The van der Waals surface area contributed by atoms with Crippen molar-refractivity contribution in [2.75, 3.05) is 6.54 Å². The van der Waals surface area contributed by atoms with Crippen molar-refractivity contribution in [3.8, 4) is 11.3 Å². The summed E-state index contributed by atoms with van der Waals surface area (Å²) in [6.07, 6.45) is 3.86. The Morgan fingerprint density at radius 3 is 2.81 bits per heavy atom. The molecule has 6 heteroatoms. The molecule has 1 aromatic carbocycles. The zero-order chi connectivity index (χ0) is 14.8. The number of carbonyl (C=O) groups is 1. The Morgan fingerprint density at radius 1 is 1.43 bits per heavy atom. The van der Waals surface area contributed by atoms with E-state index in [9.17, 15) is 4.79 Å². The van der Waals surface area contributed by atoms with Crippen molar-refractivity contribution < 1.29 is 4.79 Å². The lowest BCUT2D eigenvalue weighted by atomic mass is 10.1. The Labute approximate surface area is 127 Å². The molecule has 0 saturated heterocycles. The molecule has 110 valence electrons. The number of aromatic amines is 1. The number of nitrogens with two attached hydrogens (primary N) is 1. The molecule has 0 aliphatic heterocycles. The van der Waals surface area contributed by atoms with Gasteiger partial charge < -0.3 is 11.1 Å². The minimum atomic E-state index is -0.162. The molecule has 5 nitrogen and oxygen atoms in total. The first-order chi connectivity index (χ1) is 10.1. The first kappa shape index (κ1) is 14.1. The molecule has 1 heterocycles. The summed E-state index contributed by atoms with van der Waals surface area (Å²) >= 11 is 5.88. The highest BCUT2D eigenvalue weighted by Gasteiger charge is 2.28. The second-order valence-corrected chi connectivity index (χ2v) is 5.81. The number of benzene rings is 1. The molecule has 0 spiro atoms. The van der Waals surface area contributed by atoms with Crippen LogP contribution >= 0.6 is 11.6 Å². The maximum absolute atomic E-state index is 12.3. The maximum atomic E-state index is 12.3. The van der Waals surface area contributed by atoms with Gasteiger partial charge in [0.1, 0.15) is 0 Å². The monoisotopic (exact) mass is 304 g/mol. The van der Waals surface area contributed by atoms with E-state index in [1.54, 1.807) is 12.1 Å². The quantitative estimate of drug-likeness (QED) is 0.792. The molecule has 4 N–H and O–H groups in total. The molecule has 1 aliphatic rings. The van der Waals surface area contributed by atoms with Gasteiger partial charge in [-0.1, -0.05) is 23.7 Å². The molecule has 1 unspecified atom stereocenters. The zero-order valence-electron chi connectivity index (χ0n) is 11.5. The van der Waals surface area contributed by atoms with Gasteiger partial charge in [0, 0.05) is 23.2 Å². The summed E-state index contributed by atoms with van der Waals surface area (Å²) in [5, 5.41) is 10.4. The molecule has 1 fully saturated rings. The molecule has 1 aliphatic carbocycles. The molecule has 1 saturated carbocycles. The van der Waals surface area contributed by atoms with Crippen molar-refractivity contribution in [3.63, 3.8) is 0 Å². The van der Waals surface area contributed by atoms with Crippen LogP contribution in [0.2, 0.25) is 5.02 Å². The number of carbonyl (C=O) groups excluding carboxylic acids is 1. The molecule has 21 heavy (non-hydrogen) atoms. The van der Waals surface area contributed by atoms with E-state index in [0.29, 0.717) is 28.7 Å². The fraction of sp³-hybridized carbons (Fsp3) is 0.333. The lowest BCUT2D eigenvalue weighted by Gasteiger charge is -2.11. The minimum absolute atomic E-state index is 0.0415. The number of nitrogens with one attached hydrogen (secondary N) is 2. The molecule has 1 aromatic heterocycles. The Balaban J connectivity index is 1.71. The summed E-state index contributed by atoms with van der Waals surface area (Å²) < 4.78 is 0. The maximum Gasteiger partial charge on any atom is 0.255 e. The summed E-state index contributed by atoms with van der Waals surface area (Å²) in [7, 11) is 0. The smallest absolute Gasteiger partial charge is 0.255 e. The van der Waals surface area contributed by atoms with Gasteiger partial charge in [0.05, 0.1) is 17.5 Å². The van der Waals surface area contributed by atoms with E-state index < -0.39 is 0 Å². The summed E-state index contributed by atoms with van der Waals surface area (Å²) in [6.45, 7) is 0.495. The van der Waals surface area contributed by atoms with E-state index in [4.69, 9.17) is 17.3 Å². The van der Waals surface area contributed by atoms with Crippen LogP contribution in [-0.4, -0.2) is 28.7 Å². The first-order valence-electron chi connectivity index (χ1n) is 6.98. The van der Waals surface area contributed by atoms with E-state index in [1.807, 2.05) is 12.1 Å². The second kappa shape index (κ2) is 5.87. The van der Waals surface area contributed by atoms with Gasteiger partial charge in [-0.05, 0) is 30.9 Å². The van der Waals surface area contributed by atoms with E-state index in [1.165, 1.54) is 19.0 Å². The van der Waals surface area contributed by atoms with E-state index in [0.717, 1.165) is 5.56 Å². The zero-order valence-corrected chi connectivity index (χ0v) is 12.2. The van der Waals surface area contributed by atoms with Crippen LogP contribution in [0.25, 0.3) is 11.3 Å². The number of aromatic nitrogens is 2. The standard InChI is InChI=1S/C15H17ClN4O/c16-11-5-3-10(4-6-11)14-12(7-19-20-14)15(21)18-8-13(17)9-1-2-9/h3-7,9,13H,1-2,8,17H2,(H,18,21)(H,19,20). The number of nitrogens with zero attached hydrogens (tertiary/aromatic N) is 1. The Kier molecular flexibility index (Phi) is 3.94. The number of H-pyrrole nitrogens is 1. The molecule has 2 aromatic rings. The third-order valence-corrected chi connectivity index (χ3v) is 3.99. The molecule has 0 bridgehead atoms. The van der Waals surface area contributed by atoms with E-state index in [2.05, 4.69) is 15.5 Å². The highest BCUT2D eigenvalue weighted by atomic mass is 35.5. The van der Waals surface area contributed by atoms with Gasteiger partial charge in [-0.2, -0.15) is 5.10 Å². The highest BCUT2D eigenvalue weighted by Crippen LogP contribution is 2.31. The highest BCUT2D eigenvalue weighted by molar-refractivity contribution is 6.30. The van der Waals surface area contributed by atoms with Gasteiger partial charge in [0.2, 0.25) is 0 Å². The SMILES string of the molecule is NC(CNC(=O)c1cn[nH]c1-c1ccc(Cl)cc1)C1CC1. The second-order valence-electron chi connectivity index (χ2n) is 5.38. The molecular formula is C15H17ClN4O. The number of hydrogen-bond acceptors (Lipinski definition) is 3.